The second-order valence-corrected chi connectivity index (χ2v) is 5.44. The van der Waals surface area contributed by atoms with Gasteiger partial charge >= 0.3 is 0 Å². The topological polar surface area (TPSA) is 38.7 Å². The molecule has 2 heterocycles. The summed E-state index contributed by atoms with van der Waals surface area (Å²) in [5, 5.41) is 10.6. The molecular weight excluding hydrogens is 228 g/mol. The Morgan fingerprint density at radius 3 is 2.78 bits per heavy atom. The molecule has 2 aliphatic heterocycles. The van der Waals surface area contributed by atoms with Crippen LogP contribution >= 0.6 is 0 Å². The third kappa shape index (κ3) is 1.91. The number of benzene rings is 1. The number of aryl methyl sites for hydroxylation is 1. The van der Waals surface area contributed by atoms with E-state index in [-0.39, 0.29) is 12.0 Å². The molecule has 0 spiro atoms. The lowest BCUT2D eigenvalue weighted by Gasteiger charge is -2.25. The monoisotopic (exact) mass is 248 g/mol. The summed E-state index contributed by atoms with van der Waals surface area (Å²) in [5.74, 6) is 1.10. The lowest BCUT2D eigenvalue weighted by atomic mass is 9.81. The first-order valence-corrected chi connectivity index (χ1v) is 6.67. The highest BCUT2D eigenvalue weighted by Crippen LogP contribution is 2.45. The van der Waals surface area contributed by atoms with Crippen LogP contribution in [0.1, 0.15) is 36.5 Å². The van der Waals surface area contributed by atoms with Crippen LogP contribution in [-0.2, 0) is 4.74 Å². The molecule has 0 amide bonds. The Bertz CT molecular complexity index is 443. The molecule has 0 aromatic heterocycles. The molecule has 2 bridgehead atoms. The average Bonchev–Trinajstić information content (AvgIpc) is 3.00. The van der Waals surface area contributed by atoms with Crippen molar-refractivity contribution >= 4 is 0 Å². The SMILES string of the molecule is COc1ccc(C(O)C2CC3CCC2O3)c(C)c1. The van der Waals surface area contributed by atoms with E-state index in [2.05, 4.69) is 0 Å². The highest BCUT2D eigenvalue weighted by atomic mass is 16.5. The number of fused-ring (bicyclic) bond motifs is 2. The highest BCUT2D eigenvalue weighted by Gasteiger charge is 2.44. The van der Waals surface area contributed by atoms with Crippen molar-refractivity contribution in [2.75, 3.05) is 7.11 Å². The largest absolute Gasteiger partial charge is 0.497 e. The van der Waals surface area contributed by atoms with E-state index in [1.165, 1.54) is 0 Å². The van der Waals surface area contributed by atoms with Crippen molar-refractivity contribution in [1.82, 2.24) is 0 Å². The molecule has 4 atom stereocenters. The molecule has 3 heteroatoms. The smallest absolute Gasteiger partial charge is 0.119 e. The Labute approximate surface area is 108 Å². The first-order valence-electron chi connectivity index (χ1n) is 6.67. The van der Waals surface area contributed by atoms with Gasteiger partial charge in [0.1, 0.15) is 5.75 Å². The van der Waals surface area contributed by atoms with Crippen LogP contribution < -0.4 is 4.74 Å². The summed E-state index contributed by atoms with van der Waals surface area (Å²) in [6.07, 6.45) is 3.49. The predicted molar refractivity (Wildman–Crippen MR) is 68.7 cm³/mol. The van der Waals surface area contributed by atoms with E-state index in [0.29, 0.717) is 6.10 Å². The molecule has 0 radical (unpaired) electrons. The standard InChI is InChI=1S/C15H20O3/c1-9-7-10(17-2)3-5-12(9)15(16)13-8-11-4-6-14(13)18-11/h3,5,7,11,13-16H,4,6,8H2,1-2H3. The van der Waals surface area contributed by atoms with Crippen LogP contribution in [0.4, 0.5) is 0 Å². The second-order valence-electron chi connectivity index (χ2n) is 5.44. The Balaban J connectivity index is 1.82. The van der Waals surface area contributed by atoms with Crippen LogP contribution in [0.5, 0.6) is 5.75 Å². The van der Waals surface area contributed by atoms with Crippen LogP contribution in [0, 0.1) is 12.8 Å². The molecule has 98 valence electrons. The van der Waals surface area contributed by atoms with Crippen LogP contribution in [0.2, 0.25) is 0 Å². The summed E-state index contributed by atoms with van der Waals surface area (Å²) < 4.78 is 11.0. The zero-order chi connectivity index (χ0) is 12.7. The molecule has 1 aromatic rings. The summed E-state index contributed by atoms with van der Waals surface area (Å²) in [6, 6.07) is 5.87. The average molecular weight is 248 g/mol. The summed E-state index contributed by atoms with van der Waals surface area (Å²) in [6.45, 7) is 2.02. The molecule has 2 aliphatic rings. The van der Waals surface area contributed by atoms with E-state index in [0.717, 1.165) is 36.1 Å². The number of aliphatic hydroxyl groups is 1. The van der Waals surface area contributed by atoms with Gasteiger partial charge in [0.05, 0.1) is 25.4 Å². The van der Waals surface area contributed by atoms with Gasteiger partial charge in [-0.05, 0) is 49.4 Å². The van der Waals surface area contributed by atoms with E-state index in [1.807, 2.05) is 25.1 Å². The molecule has 18 heavy (non-hydrogen) atoms. The molecule has 0 saturated carbocycles. The van der Waals surface area contributed by atoms with Crippen LogP contribution in [0.15, 0.2) is 18.2 Å². The second kappa shape index (κ2) is 4.56. The lowest BCUT2D eigenvalue weighted by molar-refractivity contribution is 0.0420. The fourth-order valence-electron chi connectivity index (χ4n) is 3.35. The molecule has 1 aromatic carbocycles. The van der Waals surface area contributed by atoms with Crippen molar-refractivity contribution in [3.05, 3.63) is 29.3 Å². The minimum absolute atomic E-state index is 0.256. The number of methoxy groups -OCH3 is 1. The Morgan fingerprint density at radius 2 is 2.22 bits per heavy atom. The Morgan fingerprint density at radius 1 is 1.39 bits per heavy atom. The summed E-state index contributed by atoms with van der Waals surface area (Å²) in [5.41, 5.74) is 2.10. The quantitative estimate of drug-likeness (QED) is 0.893. The minimum Gasteiger partial charge on any atom is -0.497 e. The normalized spacial score (nSPS) is 31.6. The van der Waals surface area contributed by atoms with Gasteiger partial charge in [0.25, 0.3) is 0 Å². The third-order valence-corrected chi connectivity index (χ3v) is 4.35. The zero-order valence-corrected chi connectivity index (χ0v) is 10.9. The molecule has 2 fully saturated rings. The number of rotatable bonds is 3. The van der Waals surface area contributed by atoms with Crippen LogP contribution in [0.3, 0.4) is 0 Å². The van der Waals surface area contributed by atoms with Crippen LogP contribution in [0.25, 0.3) is 0 Å². The first kappa shape index (κ1) is 12.0. The fraction of sp³-hybridized carbons (Fsp3) is 0.600. The lowest BCUT2D eigenvalue weighted by Crippen LogP contribution is -2.24. The van der Waals surface area contributed by atoms with Gasteiger partial charge in [-0.2, -0.15) is 0 Å². The summed E-state index contributed by atoms with van der Waals surface area (Å²) in [4.78, 5) is 0. The number of ether oxygens (including phenoxy) is 2. The minimum atomic E-state index is -0.411. The molecule has 3 rings (SSSR count). The predicted octanol–water partition coefficient (Wildman–Crippen LogP) is 2.60. The van der Waals surface area contributed by atoms with Crippen molar-refractivity contribution in [3.63, 3.8) is 0 Å². The number of hydrogen-bond donors (Lipinski definition) is 1. The van der Waals surface area contributed by atoms with E-state index in [4.69, 9.17) is 9.47 Å². The zero-order valence-electron chi connectivity index (χ0n) is 10.9. The van der Waals surface area contributed by atoms with Crippen molar-refractivity contribution in [1.29, 1.82) is 0 Å². The summed E-state index contributed by atoms with van der Waals surface area (Å²) in [7, 11) is 1.66. The molecule has 3 nitrogen and oxygen atoms in total. The van der Waals surface area contributed by atoms with Crippen molar-refractivity contribution < 1.29 is 14.6 Å². The maximum atomic E-state index is 10.6. The molecule has 1 N–H and O–H groups in total. The maximum Gasteiger partial charge on any atom is 0.119 e. The molecule has 0 aliphatic carbocycles. The van der Waals surface area contributed by atoms with Gasteiger partial charge in [0, 0.05) is 5.92 Å². The van der Waals surface area contributed by atoms with E-state index in [1.54, 1.807) is 7.11 Å². The van der Waals surface area contributed by atoms with Crippen molar-refractivity contribution in [2.45, 2.75) is 44.5 Å². The van der Waals surface area contributed by atoms with Gasteiger partial charge in [0.15, 0.2) is 0 Å². The Hall–Kier alpha value is -1.06. The summed E-state index contributed by atoms with van der Waals surface area (Å²) >= 11 is 0. The van der Waals surface area contributed by atoms with Crippen molar-refractivity contribution in [3.8, 4) is 5.75 Å². The molecular formula is C15H20O3. The van der Waals surface area contributed by atoms with Gasteiger partial charge in [0.2, 0.25) is 0 Å². The Kier molecular flexibility index (Phi) is 3.04. The van der Waals surface area contributed by atoms with Gasteiger partial charge in [-0.3, -0.25) is 0 Å². The van der Waals surface area contributed by atoms with E-state index >= 15 is 0 Å². The molecule has 4 unspecified atom stereocenters. The first-order chi connectivity index (χ1) is 8.69. The van der Waals surface area contributed by atoms with E-state index < -0.39 is 6.10 Å². The molecule has 2 saturated heterocycles. The maximum absolute atomic E-state index is 10.6. The van der Waals surface area contributed by atoms with Gasteiger partial charge < -0.3 is 14.6 Å². The van der Waals surface area contributed by atoms with Gasteiger partial charge in [-0.1, -0.05) is 6.07 Å². The number of hydrogen-bond acceptors (Lipinski definition) is 3. The fourth-order valence-corrected chi connectivity index (χ4v) is 3.35. The van der Waals surface area contributed by atoms with Crippen molar-refractivity contribution in [2.24, 2.45) is 5.92 Å². The van der Waals surface area contributed by atoms with Gasteiger partial charge in [-0.15, -0.1) is 0 Å². The van der Waals surface area contributed by atoms with E-state index in [9.17, 15) is 5.11 Å². The van der Waals surface area contributed by atoms with Gasteiger partial charge in [-0.25, -0.2) is 0 Å². The number of aliphatic hydroxyl groups excluding tert-OH is 1. The van der Waals surface area contributed by atoms with Crippen LogP contribution in [-0.4, -0.2) is 24.4 Å². The highest BCUT2D eigenvalue weighted by molar-refractivity contribution is 5.36. The third-order valence-electron chi connectivity index (χ3n) is 4.35.